The van der Waals surface area contributed by atoms with Crippen LogP contribution in [0.4, 0.5) is 0 Å². The maximum Gasteiger partial charge on any atom is 0.242 e. The highest BCUT2D eigenvalue weighted by atomic mass is 35.5. The molecule has 0 saturated heterocycles. The first-order chi connectivity index (χ1) is 6.25. The second-order valence-corrected chi connectivity index (χ2v) is 3.93. The molecule has 1 heterocycles. The Balaban J connectivity index is 2.48. The van der Waals surface area contributed by atoms with Gasteiger partial charge in [-0.2, -0.15) is 11.3 Å². The van der Waals surface area contributed by atoms with Gasteiger partial charge in [-0.25, -0.2) is 0 Å². The molecule has 0 aliphatic carbocycles. The number of nitrogens with one attached hydrogen (secondary N) is 1. The van der Waals surface area contributed by atoms with Gasteiger partial charge in [0.2, 0.25) is 5.91 Å². The third-order valence-electron chi connectivity index (χ3n) is 1.62. The third-order valence-corrected chi connectivity index (χ3v) is 2.77. The molecule has 0 aliphatic heterocycles. The molecular weight excluding hydrogens is 206 g/mol. The molecule has 13 heavy (non-hydrogen) atoms. The average Bonchev–Trinajstić information content (AvgIpc) is 2.65. The lowest BCUT2D eigenvalue weighted by molar-refractivity contribution is -0.120. The molecule has 1 aromatic rings. The summed E-state index contributed by atoms with van der Waals surface area (Å²) >= 11 is 7.47. The second-order valence-electron chi connectivity index (χ2n) is 2.71. The van der Waals surface area contributed by atoms with E-state index in [1.165, 1.54) is 0 Å². The van der Waals surface area contributed by atoms with Crippen molar-refractivity contribution in [3.63, 3.8) is 0 Å². The number of hydrogen-bond acceptors (Lipinski definition) is 2. The SMILES string of the molecule is CCCNC(=O)C(Cl)c1ccsc1. The summed E-state index contributed by atoms with van der Waals surface area (Å²) in [5.41, 5.74) is 0.875. The van der Waals surface area contributed by atoms with Crippen LogP contribution in [-0.4, -0.2) is 12.5 Å². The molecule has 1 unspecified atom stereocenters. The zero-order valence-electron chi connectivity index (χ0n) is 7.42. The van der Waals surface area contributed by atoms with Crippen molar-refractivity contribution < 1.29 is 4.79 Å². The van der Waals surface area contributed by atoms with Crippen LogP contribution in [0.1, 0.15) is 24.3 Å². The van der Waals surface area contributed by atoms with Crippen molar-refractivity contribution in [2.75, 3.05) is 6.54 Å². The Kier molecular flexibility index (Phi) is 4.25. The van der Waals surface area contributed by atoms with E-state index < -0.39 is 5.38 Å². The van der Waals surface area contributed by atoms with E-state index in [-0.39, 0.29) is 5.91 Å². The fourth-order valence-corrected chi connectivity index (χ4v) is 1.88. The average molecular weight is 218 g/mol. The van der Waals surface area contributed by atoms with Crippen LogP contribution in [0.25, 0.3) is 0 Å². The summed E-state index contributed by atoms with van der Waals surface area (Å²) in [7, 11) is 0. The third kappa shape index (κ3) is 3.01. The van der Waals surface area contributed by atoms with Gasteiger partial charge in [0.05, 0.1) is 0 Å². The number of halogens is 1. The van der Waals surface area contributed by atoms with Crippen LogP contribution in [0.3, 0.4) is 0 Å². The van der Waals surface area contributed by atoms with Crippen molar-refractivity contribution in [3.8, 4) is 0 Å². The molecule has 0 aliphatic rings. The van der Waals surface area contributed by atoms with Crippen LogP contribution in [0, 0.1) is 0 Å². The molecule has 1 aromatic heterocycles. The van der Waals surface area contributed by atoms with Crippen molar-refractivity contribution in [2.24, 2.45) is 0 Å². The molecule has 2 nitrogen and oxygen atoms in total. The lowest BCUT2D eigenvalue weighted by Gasteiger charge is -2.07. The predicted octanol–water partition coefficient (Wildman–Crippen LogP) is 2.55. The monoisotopic (exact) mass is 217 g/mol. The molecule has 0 bridgehead atoms. The van der Waals surface area contributed by atoms with Gasteiger partial charge in [-0.1, -0.05) is 6.92 Å². The Hall–Kier alpha value is -0.540. The summed E-state index contributed by atoms with van der Waals surface area (Å²) < 4.78 is 0. The number of carbonyl (C=O) groups is 1. The van der Waals surface area contributed by atoms with Crippen LogP contribution >= 0.6 is 22.9 Å². The first-order valence-electron chi connectivity index (χ1n) is 4.19. The lowest BCUT2D eigenvalue weighted by Crippen LogP contribution is -2.27. The smallest absolute Gasteiger partial charge is 0.242 e. The highest BCUT2D eigenvalue weighted by Gasteiger charge is 2.16. The van der Waals surface area contributed by atoms with E-state index in [1.54, 1.807) is 11.3 Å². The van der Waals surface area contributed by atoms with Crippen LogP contribution in [-0.2, 0) is 4.79 Å². The van der Waals surface area contributed by atoms with E-state index in [2.05, 4.69) is 5.32 Å². The van der Waals surface area contributed by atoms with Gasteiger partial charge in [-0.15, -0.1) is 11.6 Å². The Bertz CT molecular complexity index is 261. The van der Waals surface area contributed by atoms with Crippen LogP contribution in [0.2, 0.25) is 0 Å². The molecule has 1 rings (SSSR count). The lowest BCUT2D eigenvalue weighted by atomic mass is 10.2. The molecule has 0 saturated carbocycles. The molecule has 72 valence electrons. The maximum absolute atomic E-state index is 11.4. The van der Waals surface area contributed by atoms with E-state index in [0.29, 0.717) is 6.54 Å². The minimum Gasteiger partial charge on any atom is -0.355 e. The van der Waals surface area contributed by atoms with Crippen molar-refractivity contribution in [2.45, 2.75) is 18.7 Å². The first-order valence-corrected chi connectivity index (χ1v) is 5.57. The standard InChI is InChI=1S/C9H12ClNOS/c1-2-4-11-9(12)8(10)7-3-5-13-6-7/h3,5-6,8H,2,4H2,1H3,(H,11,12). The summed E-state index contributed by atoms with van der Waals surface area (Å²) in [6, 6.07) is 1.87. The number of alkyl halides is 1. The van der Waals surface area contributed by atoms with Gasteiger partial charge >= 0.3 is 0 Å². The predicted molar refractivity (Wildman–Crippen MR) is 56.2 cm³/mol. The van der Waals surface area contributed by atoms with Gasteiger partial charge in [0.1, 0.15) is 5.38 Å². The Morgan fingerprint density at radius 2 is 2.54 bits per heavy atom. The minimum absolute atomic E-state index is 0.109. The summed E-state index contributed by atoms with van der Waals surface area (Å²) in [6.07, 6.45) is 0.930. The van der Waals surface area contributed by atoms with Crippen molar-refractivity contribution in [1.29, 1.82) is 0 Å². The Morgan fingerprint density at radius 1 is 1.77 bits per heavy atom. The molecule has 1 amide bonds. The number of thiophene rings is 1. The number of carbonyl (C=O) groups excluding carboxylic acids is 1. The normalized spacial score (nSPS) is 12.5. The zero-order chi connectivity index (χ0) is 9.68. The fraction of sp³-hybridized carbons (Fsp3) is 0.444. The molecular formula is C9H12ClNOS. The van der Waals surface area contributed by atoms with E-state index in [4.69, 9.17) is 11.6 Å². The number of hydrogen-bond donors (Lipinski definition) is 1. The van der Waals surface area contributed by atoms with Crippen LogP contribution in [0.15, 0.2) is 16.8 Å². The van der Waals surface area contributed by atoms with Gasteiger partial charge in [0.15, 0.2) is 0 Å². The maximum atomic E-state index is 11.4. The summed E-state index contributed by atoms with van der Waals surface area (Å²) in [5, 5.41) is 6.02. The molecule has 0 fully saturated rings. The minimum atomic E-state index is -0.544. The summed E-state index contributed by atoms with van der Waals surface area (Å²) in [6.45, 7) is 2.69. The van der Waals surface area contributed by atoms with Crippen LogP contribution < -0.4 is 5.32 Å². The van der Waals surface area contributed by atoms with Gasteiger partial charge < -0.3 is 5.32 Å². The first kappa shape index (κ1) is 10.5. The quantitative estimate of drug-likeness (QED) is 0.772. The van der Waals surface area contributed by atoms with E-state index in [0.717, 1.165) is 12.0 Å². The summed E-state index contributed by atoms with van der Waals surface area (Å²) in [4.78, 5) is 11.4. The van der Waals surface area contributed by atoms with E-state index in [9.17, 15) is 4.79 Å². The van der Waals surface area contributed by atoms with E-state index in [1.807, 2.05) is 23.8 Å². The highest BCUT2D eigenvalue weighted by Crippen LogP contribution is 2.22. The highest BCUT2D eigenvalue weighted by molar-refractivity contribution is 7.08. The number of rotatable bonds is 4. The topological polar surface area (TPSA) is 29.1 Å². The number of amides is 1. The van der Waals surface area contributed by atoms with Crippen molar-refractivity contribution in [1.82, 2.24) is 5.32 Å². The molecule has 0 aromatic carbocycles. The second kappa shape index (κ2) is 5.25. The summed E-state index contributed by atoms with van der Waals surface area (Å²) in [5.74, 6) is -0.109. The molecule has 1 atom stereocenters. The van der Waals surface area contributed by atoms with E-state index >= 15 is 0 Å². The van der Waals surface area contributed by atoms with Gasteiger partial charge in [-0.3, -0.25) is 4.79 Å². The molecule has 4 heteroatoms. The largest absolute Gasteiger partial charge is 0.355 e. The molecule has 0 spiro atoms. The zero-order valence-corrected chi connectivity index (χ0v) is 8.99. The molecule has 1 N–H and O–H groups in total. The fourth-order valence-electron chi connectivity index (χ4n) is 0.908. The Morgan fingerprint density at radius 3 is 3.08 bits per heavy atom. The van der Waals surface area contributed by atoms with Crippen LogP contribution in [0.5, 0.6) is 0 Å². The van der Waals surface area contributed by atoms with Gasteiger partial charge in [0, 0.05) is 6.54 Å². The Labute approximate surface area is 86.9 Å². The van der Waals surface area contributed by atoms with Crippen molar-refractivity contribution in [3.05, 3.63) is 22.4 Å². The van der Waals surface area contributed by atoms with Gasteiger partial charge in [-0.05, 0) is 28.8 Å². The molecule has 0 radical (unpaired) electrons. The van der Waals surface area contributed by atoms with Gasteiger partial charge in [0.25, 0.3) is 0 Å². The van der Waals surface area contributed by atoms with Crippen molar-refractivity contribution >= 4 is 28.8 Å².